The Labute approximate surface area is 256 Å². The van der Waals surface area contributed by atoms with Crippen LogP contribution in [0.15, 0.2) is 71.8 Å². The number of hydrogen-bond donors (Lipinski definition) is 1. The molecule has 222 valence electrons. The molecule has 1 aliphatic rings. The van der Waals surface area contributed by atoms with Gasteiger partial charge in [-0.1, -0.05) is 41.5 Å². The average Bonchev–Trinajstić information content (AvgIpc) is 3.42. The molecule has 0 saturated carbocycles. The minimum atomic E-state index is -0.230. The summed E-state index contributed by atoms with van der Waals surface area (Å²) >= 11 is 6.71. The van der Waals surface area contributed by atoms with E-state index >= 15 is 0 Å². The predicted octanol–water partition coefficient (Wildman–Crippen LogP) is 6.24. The standard InChI is InChI=1S/C33H34ClN5O4/c1-6-22-19-26(34)28(20-27(22)35-32(40)23-11-13-24(14-12-23)37(3)4)38-15-17-39(18-16-38)33(41)30-21(2)43-36-31(30)25-9-7-8-10-29(25)42-5/h6-14,19-20H,1,15-18H2,2-5H3,(H,35,40). The molecule has 10 heteroatoms. The molecule has 1 aromatic heterocycles. The molecule has 9 nitrogen and oxygen atoms in total. The molecule has 0 atom stereocenters. The smallest absolute Gasteiger partial charge is 0.259 e. The summed E-state index contributed by atoms with van der Waals surface area (Å²) in [5.74, 6) is 0.682. The lowest BCUT2D eigenvalue weighted by Crippen LogP contribution is -2.49. The number of para-hydroxylation sites is 1. The van der Waals surface area contributed by atoms with Crippen LogP contribution in [0.25, 0.3) is 17.3 Å². The highest BCUT2D eigenvalue weighted by molar-refractivity contribution is 6.33. The van der Waals surface area contributed by atoms with Crippen molar-refractivity contribution in [3.8, 4) is 17.0 Å². The summed E-state index contributed by atoms with van der Waals surface area (Å²) in [5.41, 5.74) is 5.22. The van der Waals surface area contributed by atoms with Crippen LogP contribution in [0.4, 0.5) is 17.1 Å². The molecule has 4 aromatic rings. The van der Waals surface area contributed by atoms with E-state index in [0.29, 0.717) is 76.3 Å². The van der Waals surface area contributed by atoms with E-state index in [1.807, 2.05) is 61.5 Å². The molecule has 5 rings (SSSR count). The van der Waals surface area contributed by atoms with Crippen molar-refractivity contribution in [3.05, 3.63) is 94.7 Å². The molecular formula is C33H34ClN5O4. The second-order valence-corrected chi connectivity index (χ2v) is 10.8. The highest BCUT2D eigenvalue weighted by Crippen LogP contribution is 2.36. The number of ether oxygens (including phenoxy) is 1. The Hall–Kier alpha value is -4.76. The van der Waals surface area contributed by atoms with E-state index in [9.17, 15) is 9.59 Å². The van der Waals surface area contributed by atoms with Gasteiger partial charge in [-0.2, -0.15) is 0 Å². The van der Waals surface area contributed by atoms with Gasteiger partial charge in [-0.25, -0.2) is 0 Å². The lowest BCUT2D eigenvalue weighted by molar-refractivity contribution is 0.0745. The monoisotopic (exact) mass is 599 g/mol. The quantitative estimate of drug-likeness (QED) is 0.256. The van der Waals surface area contributed by atoms with Gasteiger partial charge in [0.1, 0.15) is 22.8 Å². The number of nitrogens with one attached hydrogen (secondary N) is 1. The Bertz CT molecular complexity index is 1660. The van der Waals surface area contributed by atoms with Gasteiger partial charge >= 0.3 is 0 Å². The summed E-state index contributed by atoms with van der Waals surface area (Å²) < 4.78 is 10.9. The van der Waals surface area contributed by atoms with Crippen LogP contribution in [0.2, 0.25) is 5.02 Å². The van der Waals surface area contributed by atoms with Crippen molar-refractivity contribution < 1.29 is 18.8 Å². The van der Waals surface area contributed by atoms with E-state index < -0.39 is 0 Å². The maximum Gasteiger partial charge on any atom is 0.259 e. The van der Waals surface area contributed by atoms with E-state index in [1.165, 1.54) is 0 Å². The first kappa shape index (κ1) is 29.7. The molecule has 2 amide bonds. The number of carbonyl (C=O) groups excluding carboxylic acids is 2. The van der Waals surface area contributed by atoms with Crippen molar-refractivity contribution in [1.82, 2.24) is 10.1 Å². The number of hydrogen-bond acceptors (Lipinski definition) is 7. The lowest BCUT2D eigenvalue weighted by atomic mass is 10.0. The molecule has 0 radical (unpaired) electrons. The summed E-state index contributed by atoms with van der Waals surface area (Å²) in [6.07, 6.45) is 1.66. The number of aromatic nitrogens is 1. The molecule has 43 heavy (non-hydrogen) atoms. The topological polar surface area (TPSA) is 91.1 Å². The van der Waals surface area contributed by atoms with E-state index in [-0.39, 0.29) is 11.8 Å². The number of piperazine rings is 1. The van der Waals surface area contributed by atoms with Crippen LogP contribution in [0.5, 0.6) is 5.75 Å². The second kappa shape index (κ2) is 12.6. The first-order chi connectivity index (χ1) is 20.7. The third-order valence-corrected chi connectivity index (χ3v) is 7.88. The van der Waals surface area contributed by atoms with Gasteiger partial charge in [0.05, 0.1) is 23.5 Å². The number of rotatable bonds is 8. The van der Waals surface area contributed by atoms with E-state index in [0.717, 1.165) is 11.4 Å². The zero-order valence-corrected chi connectivity index (χ0v) is 25.4. The number of amides is 2. The predicted molar refractivity (Wildman–Crippen MR) is 172 cm³/mol. The minimum Gasteiger partial charge on any atom is -0.496 e. The molecule has 1 aliphatic heterocycles. The normalized spacial score (nSPS) is 13.0. The van der Waals surface area contributed by atoms with Crippen LogP contribution < -0.4 is 19.9 Å². The Morgan fingerprint density at radius 1 is 1.07 bits per heavy atom. The number of nitrogens with zero attached hydrogens (tertiary/aromatic N) is 4. The number of methoxy groups -OCH3 is 1. The summed E-state index contributed by atoms with van der Waals surface area (Å²) in [5, 5.41) is 7.75. The largest absolute Gasteiger partial charge is 0.496 e. The van der Waals surface area contributed by atoms with Crippen molar-refractivity contribution in [2.24, 2.45) is 0 Å². The van der Waals surface area contributed by atoms with Gasteiger partial charge in [0.15, 0.2) is 0 Å². The van der Waals surface area contributed by atoms with Gasteiger partial charge in [-0.15, -0.1) is 0 Å². The second-order valence-electron chi connectivity index (χ2n) is 10.4. The summed E-state index contributed by atoms with van der Waals surface area (Å²) in [6.45, 7) is 7.66. The van der Waals surface area contributed by atoms with E-state index in [4.69, 9.17) is 20.9 Å². The molecule has 2 heterocycles. The van der Waals surface area contributed by atoms with Gasteiger partial charge in [-0.3, -0.25) is 9.59 Å². The summed E-state index contributed by atoms with van der Waals surface area (Å²) in [4.78, 5) is 32.7. The van der Waals surface area contributed by atoms with Crippen LogP contribution in [0.3, 0.4) is 0 Å². The number of carbonyl (C=O) groups is 2. The molecule has 1 fully saturated rings. The van der Waals surface area contributed by atoms with Crippen molar-refractivity contribution in [1.29, 1.82) is 0 Å². The van der Waals surface area contributed by atoms with Gasteiger partial charge in [-0.05, 0) is 61.0 Å². The van der Waals surface area contributed by atoms with Crippen molar-refractivity contribution in [2.75, 3.05) is 62.5 Å². The van der Waals surface area contributed by atoms with Crippen LogP contribution in [0, 0.1) is 6.92 Å². The zero-order chi connectivity index (χ0) is 30.7. The molecule has 0 bridgehead atoms. The lowest BCUT2D eigenvalue weighted by Gasteiger charge is -2.36. The Morgan fingerprint density at radius 2 is 1.77 bits per heavy atom. The third kappa shape index (κ3) is 6.08. The van der Waals surface area contributed by atoms with E-state index in [1.54, 1.807) is 43.2 Å². The number of anilines is 3. The van der Waals surface area contributed by atoms with Crippen molar-refractivity contribution >= 4 is 46.6 Å². The van der Waals surface area contributed by atoms with Crippen molar-refractivity contribution in [3.63, 3.8) is 0 Å². The summed E-state index contributed by atoms with van der Waals surface area (Å²) in [7, 11) is 5.48. The summed E-state index contributed by atoms with van der Waals surface area (Å²) in [6, 6.07) is 18.5. The Balaban J connectivity index is 1.32. The first-order valence-electron chi connectivity index (χ1n) is 13.9. The molecule has 0 spiro atoms. The van der Waals surface area contributed by atoms with Crippen LogP contribution in [-0.4, -0.2) is 69.3 Å². The average molecular weight is 600 g/mol. The Kier molecular flexibility index (Phi) is 8.73. The van der Waals surface area contributed by atoms with Crippen molar-refractivity contribution in [2.45, 2.75) is 6.92 Å². The van der Waals surface area contributed by atoms with E-state index in [2.05, 4.69) is 22.0 Å². The fourth-order valence-electron chi connectivity index (χ4n) is 5.16. The fourth-order valence-corrected chi connectivity index (χ4v) is 5.45. The molecule has 0 aliphatic carbocycles. The van der Waals surface area contributed by atoms with Gasteiger partial charge < -0.3 is 29.3 Å². The maximum atomic E-state index is 13.7. The third-order valence-electron chi connectivity index (χ3n) is 7.58. The van der Waals surface area contributed by atoms with Gasteiger partial charge in [0.2, 0.25) is 0 Å². The number of aryl methyl sites for hydroxylation is 1. The minimum absolute atomic E-state index is 0.152. The number of benzene rings is 3. The fraction of sp³-hybridized carbons (Fsp3) is 0.242. The van der Waals surface area contributed by atoms with Crippen LogP contribution in [-0.2, 0) is 0 Å². The molecular weight excluding hydrogens is 566 g/mol. The molecule has 1 N–H and O–H groups in total. The highest BCUT2D eigenvalue weighted by Gasteiger charge is 2.30. The first-order valence-corrected chi connectivity index (χ1v) is 14.3. The molecule has 3 aromatic carbocycles. The van der Waals surface area contributed by atoms with Crippen LogP contribution in [0.1, 0.15) is 32.0 Å². The van der Waals surface area contributed by atoms with Gasteiger partial charge in [0.25, 0.3) is 11.8 Å². The van der Waals surface area contributed by atoms with Crippen LogP contribution >= 0.6 is 11.6 Å². The SMILES string of the molecule is C=Cc1cc(Cl)c(N2CCN(C(=O)c3c(-c4ccccc4OC)noc3C)CC2)cc1NC(=O)c1ccc(N(C)C)cc1. The Morgan fingerprint density at radius 3 is 2.42 bits per heavy atom. The van der Waals surface area contributed by atoms with Gasteiger partial charge in [0, 0.05) is 57.1 Å². The highest BCUT2D eigenvalue weighted by atomic mass is 35.5. The maximum absolute atomic E-state index is 13.7. The zero-order valence-electron chi connectivity index (χ0n) is 24.7. The molecule has 0 unspecified atom stereocenters. The number of halogens is 1. The molecule has 1 saturated heterocycles.